The van der Waals surface area contributed by atoms with E-state index in [0.29, 0.717) is 40.2 Å². The van der Waals surface area contributed by atoms with Gasteiger partial charge in [0.25, 0.3) is 11.5 Å². The number of ether oxygens (including phenoxy) is 3. The molecule has 31 heavy (non-hydrogen) atoms. The first kappa shape index (κ1) is 21.1. The molecule has 0 saturated carbocycles. The zero-order chi connectivity index (χ0) is 22.0. The van der Waals surface area contributed by atoms with Crippen LogP contribution < -0.4 is 20.3 Å². The van der Waals surface area contributed by atoms with Crippen LogP contribution in [0.4, 0.5) is 0 Å². The lowest BCUT2D eigenvalue weighted by molar-refractivity contribution is 0.0858. The van der Waals surface area contributed by atoms with Crippen LogP contribution in [-0.4, -0.2) is 48.9 Å². The number of hydrogen-bond donors (Lipinski definition) is 2. The molecule has 8 nitrogen and oxygen atoms in total. The maximum atomic E-state index is 13.2. The van der Waals surface area contributed by atoms with Crippen LogP contribution in [0.5, 0.6) is 11.5 Å². The zero-order valence-corrected chi connectivity index (χ0v) is 18.1. The normalized spacial score (nSPS) is 15.7. The molecule has 1 aliphatic rings. The van der Waals surface area contributed by atoms with Crippen LogP contribution in [0.25, 0.3) is 16.6 Å². The van der Waals surface area contributed by atoms with Crippen LogP contribution in [0.2, 0.25) is 0 Å². The summed E-state index contributed by atoms with van der Waals surface area (Å²) in [4.78, 5) is 28.8. The molecule has 0 bridgehead atoms. The van der Waals surface area contributed by atoms with Crippen LogP contribution >= 0.6 is 12.2 Å². The van der Waals surface area contributed by atoms with E-state index in [4.69, 9.17) is 26.4 Å². The van der Waals surface area contributed by atoms with Gasteiger partial charge in [0.15, 0.2) is 4.77 Å². The van der Waals surface area contributed by atoms with Gasteiger partial charge in [0.2, 0.25) is 0 Å². The van der Waals surface area contributed by atoms with Crippen molar-refractivity contribution >= 4 is 29.0 Å². The van der Waals surface area contributed by atoms with Gasteiger partial charge in [-0.05, 0) is 55.4 Å². The van der Waals surface area contributed by atoms with E-state index in [2.05, 4.69) is 10.3 Å². The summed E-state index contributed by atoms with van der Waals surface area (Å²) in [6.07, 6.45) is 2.01. The SMILES string of the molecule is COc1ccc(-n2c(=S)[nH]c3cc(C(=O)NC[C@@H]4CCCO4)ccc3c2=O)c(OC)c1. The summed E-state index contributed by atoms with van der Waals surface area (Å²) in [5, 5.41) is 3.29. The van der Waals surface area contributed by atoms with E-state index in [-0.39, 0.29) is 22.3 Å². The first-order chi connectivity index (χ1) is 15.0. The first-order valence-corrected chi connectivity index (χ1v) is 10.3. The van der Waals surface area contributed by atoms with Gasteiger partial charge in [0.1, 0.15) is 11.5 Å². The number of hydrogen-bond acceptors (Lipinski definition) is 6. The minimum Gasteiger partial charge on any atom is -0.497 e. The Balaban J connectivity index is 1.70. The second-order valence-corrected chi connectivity index (χ2v) is 7.60. The summed E-state index contributed by atoms with van der Waals surface area (Å²) in [6.45, 7) is 1.20. The second-order valence-electron chi connectivity index (χ2n) is 7.21. The van der Waals surface area contributed by atoms with Gasteiger partial charge >= 0.3 is 0 Å². The number of carbonyl (C=O) groups is 1. The molecule has 3 aromatic rings. The van der Waals surface area contributed by atoms with E-state index in [0.717, 1.165) is 19.4 Å². The molecule has 2 N–H and O–H groups in total. The van der Waals surface area contributed by atoms with Crippen molar-refractivity contribution < 1.29 is 19.0 Å². The topological polar surface area (TPSA) is 94.6 Å². The molecular formula is C22H23N3O5S. The highest BCUT2D eigenvalue weighted by molar-refractivity contribution is 7.71. The first-order valence-electron chi connectivity index (χ1n) is 9.93. The Morgan fingerprint density at radius 3 is 2.81 bits per heavy atom. The highest BCUT2D eigenvalue weighted by Crippen LogP contribution is 2.27. The number of benzene rings is 2. The van der Waals surface area contributed by atoms with Gasteiger partial charge in [-0.25, -0.2) is 4.57 Å². The maximum absolute atomic E-state index is 13.2. The van der Waals surface area contributed by atoms with Gasteiger partial charge in [-0.2, -0.15) is 0 Å². The van der Waals surface area contributed by atoms with Crippen molar-refractivity contribution in [2.24, 2.45) is 0 Å². The maximum Gasteiger partial charge on any atom is 0.266 e. The summed E-state index contributed by atoms with van der Waals surface area (Å²) < 4.78 is 17.7. The van der Waals surface area contributed by atoms with E-state index in [1.807, 2.05) is 0 Å². The van der Waals surface area contributed by atoms with Crippen molar-refractivity contribution in [3.63, 3.8) is 0 Å². The average Bonchev–Trinajstić information content (AvgIpc) is 3.31. The summed E-state index contributed by atoms with van der Waals surface area (Å²) in [5.74, 6) is 0.825. The highest BCUT2D eigenvalue weighted by Gasteiger charge is 2.18. The molecule has 1 saturated heterocycles. The smallest absolute Gasteiger partial charge is 0.266 e. The Kier molecular flexibility index (Phi) is 6.06. The molecule has 0 aliphatic carbocycles. The minimum atomic E-state index is -0.312. The number of nitrogens with zero attached hydrogens (tertiary/aromatic N) is 1. The number of rotatable bonds is 6. The van der Waals surface area contributed by atoms with Crippen molar-refractivity contribution in [1.29, 1.82) is 0 Å². The van der Waals surface area contributed by atoms with Gasteiger partial charge in [-0.3, -0.25) is 9.59 Å². The molecule has 0 radical (unpaired) electrons. The van der Waals surface area contributed by atoms with Crippen molar-refractivity contribution in [1.82, 2.24) is 14.9 Å². The van der Waals surface area contributed by atoms with Crippen LogP contribution in [0, 0.1) is 4.77 Å². The third-order valence-corrected chi connectivity index (χ3v) is 5.59. The molecule has 1 fully saturated rings. The molecule has 1 aromatic heterocycles. The van der Waals surface area contributed by atoms with Gasteiger partial charge in [-0.1, -0.05) is 0 Å². The summed E-state index contributed by atoms with van der Waals surface area (Å²) >= 11 is 5.45. The second kappa shape index (κ2) is 8.91. The summed E-state index contributed by atoms with van der Waals surface area (Å²) in [5.41, 5.74) is 1.11. The van der Waals surface area contributed by atoms with Gasteiger partial charge < -0.3 is 24.5 Å². The van der Waals surface area contributed by atoms with Crippen LogP contribution in [-0.2, 0) is 4.74 Å². The number of carbonyl (C=O) groups excluding carboxylic acids is 1. The molecule has 2 aromatic carbocycles. The fourth-order valence-electron chi connectivity index (χ4n) is 3.66. The number of H-pyrrole nitrogens is 1. The fourth-order valence-corrected chi connectivity index (χ4v) is 3.95. The average molecular weight is 442 g/mol. The van der Waals surface area contributed by atoms with E-state index < -0.39 is 0 Å². The third kappa shape index (κ3) is 4.19. The van der Waals surface area contributed by atoms with E-state index in [1.165, 1.54) is 11.7 Å². The number of amides is 1. The molecule has 4 rings (SSSR count). The van der Waals surface area contributed by atoms with Crippen molar-refractivity contribution in [3.8, 4) is 17.2 Å². The molecule has 162 valence electrons. The van der Waals surface area contributed by atoms with Crippen LogP contribution in [0.1, 0.15) is 23.2 Å². The molecule has 1 atom stereocenters. The van der Waals surface area contributed by atoms with Crippen LogP contribution in [0.15, 0.2) is 41.2 Å². The number of fused-ring (bicyclic) bond motifs is 1. The van der Waals surface area contributed by atoms with Gasteiger partial charge in [0.05, 0.1) is 36.9 Å². The lowest BCUT2D eigenvalue weighted by Crippen LogP contribution is -2.31. The summed E-state index contributed by atoms with van der Waals surface area (Å²) in [7, 11) is 3.07. The molecule has 0 spiro atoms. The number of methoxy groups -OCH3 is 2. The Morgan fingerprint density at radius 1 is 1.26 bits per heavy atom. The Labute approximate surface area is 183 Å². The molecule has 2 heterocycles. The quantitative estimate of drug-likeness (QED) is 0.571. The molecule has 9 heteroatoms. The molecular weight excluding hydrogens is 418 g/mol. The van der Waals surface area contributed by atoms with Crippen molar-refractivity contribution in [2.45, 2.75) is 18.9 Å². The third-order valence-electron chi connectivity index (χ3n) is 5.30. The van der Waals surface area contributed by atoms with E-state index in [1.54, 1.807) is 43.5 Å². The van der Waals surface area contributed by atoms with Gasteiger partial charge in [-0.15, -0.1) is 0 Å². The fraction of sp³-hybridized carbons (Fsp3) is 0.318. The molecule has 1 amide bonds. The zero-order valence-electron chi connectivity index (χ0n) is 17.3. The highest BCUT2D eigenvalue weighted by atomic mass is 32.1. The van der Waals surface area contributed by atoms with Crippen LogP contribution in [0.3, 0.4) is 0 Å². The molecule has 0 unspecified atom stereocenters. The number of aromatic amines is 1. The Hall–Kier alpha value is -3.17. The predicted octanol–water partition coefficient (Wildman–Crippen LogP) is 2.97. The summed E-state index contributed by atoms with van der Waals surface area (Å²) in [6, 6.07) is 10.00. The largest absolute Gasteiger partial charge is 0.497 e. The Bertz CT molecular complexity index is 1240. The van der Waals surface area contributed by atoms with Gasteiger partial charge in [0, 0.05) is 24.8 Å². The van der Waals surface area contributed by atoms with E-state index >= 15 is 0 Å². The lowest BCUT2D eigenvalue weighted by Gasteiger charge is -2.14. The number of aromatic nitrogens is 2. The number of nitrogens with one attached hydrogen (secondary N) is 2. The predicted molar refractivity (Wildman–Crippen MR) is 119 cm³/mol. The lowest BCUT2D eigenvalue weighted by atomic mass is 10.1. The standard InChI is InChI=1S/C22H23N3O5S/c1-28-14-6-8-18(19(11-14)29-2)25-21(27)16-7-5-13(10-17(16)24-22(25)31)20(26)23-12-15-4-3-9-30-15/h5-8,10-11,15H,3-4,9,12H2,1-2H3,(H,23,26)(H,24,31)/t15-/m0/s1. The minimum absolute atomic E-state index is 0.0573. The van der Waals surface area contributed by atoms with Crippen molar-refractivity contribution in [3.05, 3.63) is 57.1 Å². The molecule has 1 aliphatic heterocycles. The monoisotopic (exact) mass is 441 g/mol. The van der Waals surface area contributed by atoms with Crippen molar-refractivity contribution in [2.75, 3.05) is 27.4 Å². The van der Waals surface area contributed by atoms with E-state index in [9.17, 15) is 9.59 Å². The Morgan fingerprint density at radius 2 is 2.10 bits per heavy atom.